The van der Waals surface area contributed by atoms with E-state index in [1.54, 1.807) is 16.7 Å². The second-order valence-electron chi connectivity index (χ2n) is 11.5. The third-order valence-electron chi connectivity index (χ3n) is 8.28. The number of para-hydroxylation sites is 1. The van der Waals surface area contributed by atoms with E-state index < -0.39 is 6.04 Å². The summed E-state index contributed by atoms with van der Waals surface area (Å²) in [4.78, 5) is 37.2. The Morgan fingerprint density at radius 1 is 1.04 bits per heavy atom. The highest BCUT2D eigenvalue weighted by atomic mass is 32.1. The SMILES string of the molecule is COc1ccc(-c2csc(CN(C(=O)Cn3nnc4ccccc43)C(C(=O)Nc3ccc(N(C)C)cc3)C3CC=CCC3)n2)cc1. The van der Waals surface area contributed by atoms with Crippen molar-refractivity contribution in [2.24, 2.45) is 5.92 Å². The van der Waals surface area contributed by atoms with Crippen molar-refractivity contribution in [2.45, 2.75) is 38.4 Å². The number of hydrogen-bond acceptors (Lipinski definition) is 8. The highest BCUT2D eigenvalue weighted by Gasteiger charge is 2.37. The molecule has 2 unspecified atom stereocenters. The number of thiazole rings is 1. The van der Waals surface area contributed by atoms with Gasteiger partial charge in [0.15, 0.2) is 0 Å². The molecule has 11 heteroatoms. The number of rotatable bonds is 11. The van der Waals surface area contributed by atoms with Gasteiger partial charge in [0, 0.05) is 36.4 Å². The number of carbonyl (C=O) groups is 2. The summed E-state index contributed by atoms with van der Waals surface area (Å²) < 4.78 is 6.91. The lowest BCUT2D eigenvalue weighted by Crippen LogP contribution is -2.52. The van der Waals surface area contributed by atoms with Gasteiger partial charge in [-0.25, -0.2) is 9.67 Å². The maximum Gasteiger partial charge on any atom is 0.247 e. The molecule has 0 bridgehead atoms. The second-order valence-corrected chi connectivity index (χ2v) is 12.5. The Hall–Kier alpha value is -5.03. The van der Waals surface area contributed by atoms with Crippen LogP contribution in [-0.2, 0) is 22.7 Å². The topological polar surface area (TPSA) is 105 Å². The zero-order chi connectivity index (χ0) is 32.0. The number of ether oxygens (including phenoxy) is 1. The minimum absolute atomic E-state index is 0.0545. The van der Waals surface area contributed by atoms with Gasteiger partial charge >= 0.3 is 0 Å². The molecule has 0 spiro atoms. The number of nitrogens with zero attached hydrogens (tertiary/aromatic N) is 6. The number of anilines is 2. The number of amides is 2. The van der Waals surface area contributed by atoms with Crippen LogP contribution in [0.4, 0.5) is 11.4 Å². The van der Waals surface area contributed by atoms with Crippen LogP contribution in [0.15, 0.2) is 90.3 Å². The van der Waals surface area contributed by atoms with Gasteiger partial charge in [0.1, 0.15) is 28.9 Å². The average molecular weight is 636 g/mol. The fraction of sp³-hybridized carbons (Fsp3) is 0.286. The Kier molecular flexibility index (Phi) is 9.39. The summed E-state index contributed by atoms with van der Waals surface area (Å²) in [6.45, 7) is 0.130. The van der Waals surface area contributed by atoms with Crippen molar-refractivity contribution in [3.63, 3.8) is 0 Å². The molecule has 2 atom stereocenters. The van der Waals surface area contributed by atoms with Crippen LogP contribution in [0, 0.1) is 5.92 Å². The zero-order valence-electron chi connectivity index (χ0n) is 26.2. The Morgan fingerprint density at radius 3 is 2.54 bits per heavy atom. The van der Waals surface area contributed by atoms with Gasteiger partial charge in [-0.05, 0) is 85.8 Å². The summed E-state index contributed by atoms with van der Waals surface area (Å²) in [5.74, 6) is 0.253. The number of nitrogens with one attached hydrogen (secondary N) is 1. The third kappa shape index (κ3) is 6.94. The quantitative estimate of drug-likeness (QED) is 0.177. The van der Waals surface area contributed by atoms with Crippen molar-refractivity contribution >= 4 is 45.6 Å². The molecule has 1 aliphatic rings. The summed E-state index contributed by atoms with van der Waals surface area (Å²) in [7, 11) is 5.58. The summed E-state index contributed by atoms with van der Waals surface area (Å²) in [5.41, 5.74) is 4.93. The number of aromatic nitrogens is 4. The van der Waals surface area contributed by atoms with Gasteiger partial charge in [0.25, 0.3) is 0 Å². The molecule has 2 heterocycles. The van der Waals surface area contributed by atoms with E-state index in [9.17, 15) is 9.59 Å². The van der Waals surface area contributed by atoms with Gasteiger partial charge in [-0.1, -0.05) is 29.5 Å². The predicted molar refractivity (Wildman–Crippen MR) is 182 cm³/mol. The van der Waals surface area contributed by atoms with Gasteiger partial charge in [0.2, 0.25) is 11.8 Å². The third-order valence-corrected chi connectivity index (χ3v) is 9.11. The molecule has 3 aromatic carbocycles. The first kappa shape index (κ1) is 31.0. The Balaban J connectivity index is 1.34. The highest BCUT2D eigenvalue weighted by Crippen LogP contribution is 2.30. The van der Waals surface area contributed by atoms with E-state index in [2.05, 4.69) is 27.8 Å². The molecule has 236 valence electrons. The molecular weight excluding hydrogens is 598 g/mol. The largest absolute Gasteiger partial charge is 0.497 e. The minimum Gasteiger partial charge on any atom is -0.497 e. The van der Waals surface area contributed by atoms with Crippen LogP contribution in [-0.4, -0.2) is 63.9 Å². The van der Waals surface area contributed by atoms with Crippen molar-refractivity contribution in [1.82, 2.24) is 24.9 Å². The molecule has 10 nitrogen and oxygen atoms in total. The van der Waals surface area contributed by atoms with Crippen molar-refractivity contribution in [2.75, 3.05) is 31.4 Å². The lowest BCUT2D eigenvalue weighted by molar-refractivity contribution is -0.142. The minimum atomic E-state index is -0.728. The Labute approximate surface area is 272 Å². The molecule has 2 amide bonds. The average Bonchev–Trinajstić information content (AvgIpc) is 3.72. The predicted octanol–water partition coefficient (Wildman–Crippen LogP) is 6.02. The Bertz CT molecular complexity index is 1830. The molecule has 5 aromatic rings. The van der Waals surface area contributed by atoms with Crippen LogP contribution in [0.2, 0.25) is 0 Å². The summed E-state index contributed by atoms with van der Waals surface area (Å²) in [6.07, 6.45) is 6.59. The first-order valence-corrected chi connectivity index (χ1v) is 16.2. The van der Waals surface area contributed by atoms with Crippen LogP contribution < -0.4 is 15.0 Å². The molecule has 46 heavy (non-hydrogen) atoms. The van der Waals surface area contributed by atoms with Crippen LogP contribution >= 0.6 is 11.3 Å². The van der Waals surface area contributed by atoms with Crippen molar-refractivity contribution < 1.29 is 14.3 Å². The smallest absolute Gasteiger partial charge is 0.247 e. The molecule has 6 rings (SSSR count). The molecule has 0 aliphatic heterocycles. The highest BCUT2D eigenvalue weighted by molar-refractivity contribution is 7.09. The van der Waals surface area contributed by atoms with Gasteiger partial charge in [-0.2, -0.15) is 0 Å². The monoisotopic (exact) mass is 635 g/mol. The van der Waals surface area contributed by atoms with E-state index >= 15 is 0 Å². The van der Waals surface area contributed by atoms with Crippen molar-refractivity contribution in [1.29, 1.82) is 0 Å². The van der Waals surface area contributed by atoms with E-state index in [4.69, 9.17) is 9.72 Å². The number of carbonyl (C=O) groups excluding carboxylic acids is 2. The standard InChI is InChI=1S/C35H37N7O3S/c1-40(2)27-17-15-26(16-18-27)36-35(44)34(25-9-5-4-6-10-25)41(33(43)22-42-31-12-8-7-11-29(31)38-39-42)21-32-37-30(23-46-32)24-13-19-28(45-3)20-14-24/h4-5,7-8,11-20,23,25,34H,6,9-10,21-22H2,1-3H3,(H,36,44). The molecule has 0 saturated carbocycles. The lowest BCUT2D eigenvalue weighted by Gasteiger charge is -2.36. The zero-order valence-corrected chi connectivity index (χ0v) is 27.0. The van der Waals surface area contributed by atoms with Gasteiger partial charge in [-0.3, -0.25) is 9.59 Å². The van der Waals surface area contributed by atoms with Gasteiger partial charge in [0.05, 0.1) is 24.9 Å². The first-order valence-electron chi connectivity index (χ1n) is 15.3. The first-order chi connectivity index (χ1) is 22.4. The van der Waals surface area contributed by atoms with E-state index in [1.165, 1.54) is 11.3 Å². The summed E-state index contributed by atoms with van der Waals surface area (Å²) in [6, 6.07) is 22.2. The normalized spacial score (nSPS) is 15.0. The van der Waals surface area contributed by atoms with Crippen molar-refractivity contribution in [3.05, 3.63) is 95.3 Å². The number of hydrogen-bond donors (Lipinski definition) is 1. The number of fused-ring (bicyclic) bond motifs is 1. The Morgan fingerprint density at radius 2 is 1.83 bits per heavy atom. The maximum absolute atomic E-state index is 14.4. The van der Waals surface area contributed by atoms with E-state index in [-0.39, 0.29) is 30.8 Å². The lowest BCUT2D eigenvalue weighted by atomic mass is 9.86. The molecule has 1 N–H and O–H groups in total. The summed E-state index contributed by atoms with van der Waals surface area (Å²) >= 11 is 1.47. The van der Waals surface area contributed by atoms with Crippen molar-refractivity contribution in [3.8, 4) is 17.0 Å². The van der Waals surface area contributed by atoms with Gasteiger partial charge < -0.3 is 19.9 Å². The molecule has 0 fully saturated rings. The summed E-state index contributed by atoms with van der Waals surface area (Å²) in [5, 5.41) is 14.3. The number of allylic oxidation sites excluding steroid dienone is 2. The van der Waals surface area contributed by atoms with Crippen LogP contribution in [0.25, 0.3) is 22.3 Å². The van der Waals surface area contributed by atoms with E-state index in [0.717, 1.165) is 46.1 Å². The molecule has 1 aliphatic carbocycles. The second kappa shape index (κ2) is 13.9. The molecule has 2 aromatic heterocycles. The molecular formula is C35H37N7O3S. The molecule has 0 saturated heterocycles. The fourth-order valence-corrected chi connectivity index (χ4v) is 6.59. The number of benzene rings is 3. The maximum atomic E-state index is 14.4. The van der Waals surface area contributed by atoms with E-state index in [1.807, 2.05) is 97.2 Å². The van der Waals surface area contributed by atoms with Crippen LogP contribution in [0.3, 0.4) is 0 Å². The fourth-order valence-electron chi connectivity index (χ4n) is 5.79. The molecule has 0 radical (unpaired) electrons. The number of methoxy groups -OCH3 is 1. The van der Waals surface area contributed by atoms with E-state index in [0.29, 0.717) is 17.6 Å². The van der Waals surface area contributed by atoms with Crippen LogP contribution in [0.5, 0.6) is 5.75 Å². The van der Waals surface area contributed by atoms with Gasteiger partial charge in [-0.15, -0.1) is 16.4 Å². The van der Waals surface area contributed by atoms with Crippen LogP contribution in [0.1, 0.15) is 24.3 Å².